The summed E-state index contributed by atoms with van der Waals surface area (Å²) in [6.07, 6.45) is 0.885. The lowest BCUT2D eigenvalue weighted by atomic mass is 10.1. The van der Waals surface area contributed by atoms with E-state index in [1.165, 1.54) is 5.56 Å². The molecule has 2 aromatic rings. The van der Waals surface area contributed by atoms with Crippen LogP contribution in [-0.2, 0) is 6.42 Å². The maximum atomic E-state index is 6.18. The van der Waals surface area contributed by atoms with Gasteiger partial charge < -0.3 is 15.4 Å². The highest BCUT2D eigenvalue weighted by molar-refractivity contribution is 7.80. The molecule has 0 saturated heterocycles. The zero-order valence-electron chi connectivity index (χ0n) is 13.4. The highest BCUT2D eigenvalue weighted by Crippen LogP contribution is 2.22. The van der Waals surface area contributed by atoms with Crippen LogP contribution in [0.15, 0.2) is 42.5 Å². The number of thiocarbonyl (C=S) groups is 1. The standard InChI is InChI=1S/C18H21ClN2OS/c1-3-22-15-7-5-14(6-8-15)10-11-20-18(23)21-17-9-4-13(2)12-16(17)19/h4-9,12H,3,10-11H2,1-2H3,(H2,20,21,23). The molecule has 5 heteroatoms. The van der Waals surface area contributed by atoms with Crippen molar-refractivity contribution in [1.29, 1.82) is 0 Å². The van der Waals surface area contributed by atoms with E-state index < -0.39 is 0 Å². The minimum atomic E-state index is 0.571. The van der Waals surface area contributed by atoms with Crippen molar-refractivity contribution in [1.82, 2.24) is 5.32 Å². The number of hydrogen-bond acceptors (Lipinski definition) is 2. The Labute approximate surface area is 148 Å². The Morgan fingerprint density at radius 2 is 1.91 bits per heavy atom. The summed E-state index contributed by atoms with van der Waals surface area (Å²) in [5, 5.41) is 7.55. The summed E-state index contributed by atoms with van der Waals surface area (Å²) >= 11 is 11.5. The summed E-state index contributed by atoms with van der Waals surface area (Å²) in [6.45, 7) is 5.42. The van der Waals surface area contributed by atoms with Gasteiger partial charge in [0.25, 0.3) is 0 Å². The number of anilines is 1. The van der Waals surface area contributed by atoms with Crippen LogP contribution in [0.3, 0.4) is 0 Å². The molecule has 0 aliphatic heterocycles. The van der Waals surface area contributed by atoms with Crippen LogP contribution in [0.2, 0.25) is 5.02 Å². The fourth-order valence-electron chi connectivity index (χ4n) is 2.13. The molecular weight excluding hydrogens is 328 g/mol. The number of rotatable bonds is 6. The van der Waals surface area contributed by atoms with Crippen LogP contribution in [0.4, 0.5) is 5.69 Å². The first-order valence-electron chi connectivity index (χ1n) is 7.61. The summed E-state index contributed by atoms with van der Waals surface area (Å²) in [6, 6.07) is 13.9. The molecule has 3 nitrogen and oxygen atoms in total. The third-order valence-electron chi connectivity index (χ3n) is 3.31. The van der Waals surface area contributed by atoms with Crippen molar-refractivity contribution in [2.45, 2.75) is 20.3 Å². The first kappa shape index (κ1) is 17.6. The maximum absolute atomic E-state index is 6.18. The average Bonchev–Trinajstić information content (AvgIpc) is 2.52. The second-order valence-electron chi connectivity index (χ2n) is 5.19. The molecule has 0 fully saturated rings. The predicted octanol–water partition coefficient (Wildman–Crippen LogP) is 4.58. The molecule has 0 amide bonds. The van der Waals surface area contributed by atoms with Gasteiger partial charge in [0.15, 0.2) is 5.11 Å². The minimum Gasteiger partial charge on any atom is -0.494 e. The van der Waals surface area contributed by atoms with Gasteiger partial charge in [0.05, 0.1) is 17.3 Å². The molecular formula is C18H21ClN2OS. The Morgan fingerprint density at radius 3 is 2.57 bits per heavy atom. The molecule has 2 rings (SSSR count). The number of nitrogens with one attached hydrogen (secondary N) is 2. The lowest BCUT2D eigenvalue weighted by Crippen LogP contribution is -2.30. The molecule has 0 aliphatic rings. The van der Waals surface area contributed by atoms with E-state index in [-0.39, 0.29) is 0 Å². The summed E-state index contributed by atoms with van der Waals surface area (Å²) in [5.74, 6) is 0.899. The van der Waals surface area contributed by atoms with Gasteiger partial charge in [0, 0.05) is 6.54 Å². The van der Waals surface area contributed by atoms with Crippen molar-refractivity contribution in [2.75, 3.05) is 18.5 Å². The van der Waals surface area contributed by atoms with Crippen molar-refractivity contribution < 1.29 is 4.74 Å². The molecule has 0 atom stereocenters. The van der Waals surface area contributed by atoms with E-state index in [0.717, 1.165) is 30.0 Å². The number of aryl methyl sites for hydroxylation is 1. The van der Waals surface area contributed by atoms with Crippen molar-refractivity contribution in [3.63, 3.8) is 0 Å². The van der Waals surface area contributed by atoms with Crippen LogP contribution in [0.5, 0.6) is 5.75 Å². The largest absolute Gasteiger partial charge is 0.494 e. The summed E-state index contributed by atoms with van der Waals surface area (Å²) in [5.41, 5.74) is 3.17. The molecule has 0 aromatic heterocycles. The Balaban J connectivity index is 1.78. The van der Waals surface area contributed by atoms with Gasteiger partial charge in [0.1, 0.15) is 5.75 Å². The van der Waals surface area contributed by atoms with E-state index >= 15 is 0 Å². The van der Waals surface area contributed by atoms with E-state index in [4.69, 9.17) is 28.6 Å². The second kappa shape index (κ2) is 8.75. The Kier molecular flexibility index (Phi) is 6.68. The van der Waals surface area contributed by atoms with E-state index in [9.17, 15) is 0 Å². The lowest BCUT2D eigenvalue weighted by molar-refractivity contribution is 0.340. The smallest absolute Gasteiger partial charge is 0.170 e. The highest BCUT2D eigenvalue weighted by atomic mass is 35.5. The van der Waals surface area contributed by atoms with Crippen molar-refractivity contribution in [2.24, 2.45) is 0 Å². The first-order valence-corrected chi connectivity index (χ1v) is 8.40. The van der Waals surface area contributed by atoms with E-state index in [2.05, 4.69) is 22.8 Å². The second-order valence-corrected chi connectivity index (χ2v) is 6.01. The van der Waals surface area contributed by atoms with Crippen LogP contribution in [0.1, 0.15) is 18.1 Å². The predicted molar refractivity (Wildman–Crippen MR) is 102 cm³/mol. The van der Waals surface area contributed by atoms with Crippen molar-refractivity contribution in [3.8, 4) is 5.75 Å². The summed E-state index contributed by atoms with van der Waals surface area (Å²) in [7, 11) is 0. The summed E-state index contributed by atoms with van der Waals surface area (Å²) < 4.78 is 5.43. The van der Waals surface area contributed by atoms with Crippen LogP contribution in [0, 0.1) is 6.92 Å². The van der Waals surface area contributed by atoms with Crippen LogP contribution in [0.25, 0.3) is 0 Å². The maximum Gasteiger partial charge on any atom is 0.170 e. The monoisotopic (exact) mass is 348 g/mol. The van der Waals surface area contributed by atoms with Crippen molar-refractivity contribution >= 4 is 34.6 Å². The quantitative estimate of drug-likeness (QED) is 0.749. The Morgan fingerprint density at radius 1 is 1.17 bits per heavy atom. The van der Waals surface area contributed by atoms with Gasteiger partial charge in [0.2, 0.25) is 0 Å². The van der Waals surface area contributed by atoms with Gasteiger partial charge in [-0.05, 0) is 67.9 Å². The zero-order chi connectivity index (χ0) is 16.7. The van der Waals surface area contributed by atoms with E-state index in [1.807, 2.05) is 44.2 Å². The van der Waals surface area contributed by atoms with Gasteiger partial charge in [-0.3, -0.25) is 0 Å². The fourth-order valence-corrected chi connectivity index (χ4v) is 2.62. The fraction of sp³-hybridized carbons (Fsp3) is 0.278. The number of hydrogen-bond donors (Lipinski definition) is 2. The summed E-state index contributed by atoms with van der Waals surface area (Å²) in [4.78, 5) is 0. The molecule has 2 aromatic carbocycles. The molecule has 23 heavy (non-hydrogen) atoms. The molecule has 0 spiro atoms. The Bertz CT molecular complexity index is 659. The normalized spacial score (nSPS) is 10.2. The lowest BCUT2D eigenvalue weighted by Gasteiger charge is -2.12. The highest BCUT2D eigenvalue weighted by Gasteiger charge is 2.03. The van der Waals surface area contributed by atoms with Crippen LogP contribution >= 0.6 is 23.8 Å². The molecule has 0 aliphatic carbocycles. The molecule has 0 radical (unpaired) electrons. The number of halogens is 1. The zero-order valence-corrected chi connectivity index (χ0v) is 14.9. The molecule has 0 saturated carbocycles. The van der Waals surface area contributed by atoms with Crippen LogP contribution in [-0.4, -0.2) is 18.3 Å². The third kappa shape index (κ3) is 5.73. The van der Waals surface area contributed by atoms with Gasteiger partial charge >= 0.3 is 0 Å². The molecule has 0 unspecified atom stereocenters. The minimum absolute atomic E-state index is 0.571. The topological polar surface area (TPSA) is 33.3 Å². The molecule has 122 valence electrons. The average molecular weight is 349 g/mol. The first-order chi connectivity index (χ1) is 11.1. The van der Waals surface area contributed by atoms with Gasteiger partial charge in [-0.25, -0.2) is 0 Å². The Hall–Kier alpha value is -1.78. The number of ether oxygens (including phenoxy) is 1. The molecule has 0 bridgehead atoms. The van der Waals surface area contributed by atoms with Crippen LogP contribution < -0.4 is 15.4 Å². The third-order valence-corrected chi connectivity index (χ3v) is 3.87. The van der Waals surface area contributed by atoms with Gasteiger partial charge in [-0.15, -0.1) is 0 Å². The van der Waals surface area contributed by atoms with Gasteiger partial charge in [-0.2, -0.15) is 0 Å². The van der Waals surface area contributed by atoms with E-state index in [1.54, 1.807) is 0 Å². The molecule has 2 N–H and O–H groups in total. The SMILES string of the molecule is CCOc1ccc(CCNC(=S)Nc2ccc(C)cc2Cl)cc1. The van der Waals surface area contributed by atoms with E-state index in [0.29, 0.717) is 16.7 Å². The van der Waals surface area contributed by atoms with Gasteiger partial charge in [-0.1, -0.05) is 29.8 Å². The van der Waals surface area contributed by atoms with Crippen molar-refractivity contribution in [3.05, 3.63) is 58.6 Å². The molecule has 0 heterocycles. The number of benzene rings is 2.